The van der Waals surface area contributed by atoms with E-state index < -0.39 is 0 Å². The third kappa shape index (κ3) is 3.00. The average molecular weight is 293 g/mol. The summed E-state index contributed by atoms with van der Waals surface area (Å²) in [6.45, 7) is 1.61. The smallest absolute Gasteiger partial charge is 0.231 e. The highest BCUT2D eigenvalue weighted by Crippen LogP contribution is 2.32. The Kier molecular flexibility index (Phi) is 3.98. The molecular formula is C13H15N3O3S. The van der Waals surface area contributed by atoms with E-state index in [0.29, 0.717) is 19.9 Å². The monoisotopic (exact) mass is 293 g/mol. The van der Waals surface area contributed by atoms with E-state index in [9.17, 15) is 0 Å². The van der Waals surface area contributed by atoms with Crippen molar-refractivity contribution in [2.45, 2.75) is 13.0 Å². The van der Waals surface area contributed by atoms with Crippen LogP contribution in [0.25, 0.3) is 0 Å². The lowest BCUT2D eigenvalue weighted by Crippen LogP contribution is -2.00. The summed E-state index contributed by atoms with van der Waals surface area (Å²) in [4.78, 5) is 4.40. The Labute approximate surface area is 120 Å². The van der Waals surface area contributed by atoms with E-state index in [4.69, 9.17) is 14.2 Å². The Balaban J connectivity index is 1.57. The van der Waals surface area contributed by atoms with Crippen molar-refractivity contribution in [1.82, 2.24) is 9.36 Å². The molecule has 2 heterocycles. The average Bonchev–Trinajstić information content (AvgIpc) is 3.11. The Bertz CT molecular complexity index is 588. The standard InChI is InChI=1S/C13H15N3O3S/c1-17-5-4-12-15-13(20-16-12)14-7-9-2-3-10-11(6-9)19-8-18-10/h2-3,6H,4-5,7-8H2,1H3,(H,14,15,16). The number of aromatic nitrogens is 2. The zero-order valence-electron chi connectivity index (χ0n) is 11.1. The van der Waals surface area contributed by atoms with Crippen molar-refractivity contribution in [2.75, 3.05) is 25.8 Å². The number of fused-ring (bicyclic) bond motifs is 1. The summed E-state index contributed by atoms with van der Waals surface area (Å²) in [7, 11) is 1.67. The second-order valence-electron chi connectivity index (χ2n) is 4.30. The number of hydrogen-bond acceptors (Lipinski definition) is 7. The molecule has 0 amide bonds. The van der Waals surface area contributed by atoms with Crippen LogP contribution in [0.5, 0.6) is 11.5 Å². The molecule has 0 spiro atoms. The molecule has 0 saturated heterocycles. The number of nitrogens with one attached hydrogen (secondary N) is 1. The molecule has 0 fully saturated rings. The minimum Gasteiger partial charge on any atom is -0.454 e. The van der Waals surface area contributed by atoms with Gasteiger partial charge in [-0.05, 0) is 17.7 Å². The van der Waals surface area contributed by atoms with Gasteiger partial charge in [0, 0.05) is 31.6 Å². The normalized spacial score (nSPS) is 12.7. The third-order valence-corrected chi connectivity index (χ3v) is 3.59. The minimum atomic E-state index is 0.297. The minimum absolute atomic E-state index is 0.297. The van der Waals surface area contributed by atoms with Crippen LogP contribution in [0.15, 0.2) is 18.2 Å². The van der Waals surface area contributed by atoms with E-state index >= 15 is 0 Å². The number of benzene rings is 1. The van der Waals surface area contributed by atoms with Crippen LogP contribution in [-0.4, -0.2) is 29.9 Å². The number of anilines is 1. The van der Waals surface area contributed by atoms with Crippen LogP contribution in [0.3, 0.4) is 0 Å². The topological polar surface area (TPSA) is 65.5 Å². The van der Waals surface area contributed by atoms with Gasteiger partial charge in [-0.15, -0.1) is 0 Å². The molecule has 20 heavy (non-hydrogen) atoms. The van der Waals surface area contributed by atoms with Crippen molar-refractivity contribution in [2.24, 2.45) is 0 Å². The molecule has 0 saturated carbocycles. The van der Waals surface area contributed by atoms with E-state index in [1.807, 2.05) is 18.2 Å². The van der Waals surface area contributed by atoms with Crippen LogP contribution in [0.4, 0.5) is 5.13 Å². The first-order valence-corrected chi connectivity index (χ1v) is 7.06. The van der Waals surface area contributed by atoms with Gasteiger partial charge in [0.05, 0.1) is 6.61 Å². The highest BCUT2D eigenvalue weighted by Gasteiger charge is 2.13. The molecule has 0 atom stereocenters. The van der Waals surface area contributed by atoms with Crippen LogP contribution >= 0.6 is 11.5 Å². The van der Waals surface area contributed by atoms with Crippen molar-refractivity contribution < 1.29 is 14.2 Å². The summed E-state index contributed by atoms with van der Waals surface area (Å²) < 4.78 is 19.9. The van der Waals surface area contributed by atoms with Crippen molar-refractivity contribution in [3.63, 3.8) is 0 Å². The molecule has 1 aliphatic heterocycles. The summed E-state index contributed by atoms with van der Waals surface area (Å²) in [5.74, 6) is 2.40. The zero-order valence-corrected chi connectivity index (χ0v) is 11.9. The summed E-state index contributed by atoms with van der Waals surface area (Å²) in [5.41, 5.74) is 1.11. The van der Waals surface area contributed by atoms with Crippen LogP contribution in [-0.2, 0) is 17.7 Å². The molecular weight excluding hydrogens is 278 g/mol. The van der Waals surface area contributed by atoms with Crippen molar-refractivity contribution in [3.8, 4) is 11.5 Å². The highest BCUT2D eigenvalue weighted by molar-refractivity contribution is 7.09. The number of methoxy groups -OCH3 is 1. The van der Waals surface area contributed by atoms with Crippen LogP contribution in [0, 0.1) is 0 Å². The first kappa shape index (κ1) is 13.1. The number of rotatable bonds is 6. The van der Waals surface area contributed by atoms with E-state index in [1.165, 1.54) is 11.5 Å². The highest BCUT2D eigenvalue weighted by atomic mass is 32.1. The SMILES string of the molecule is COCCc1nsc(NCc2ccc3c(c2)OCO3)n1. The number of nitrogens with zero attached hydrogens (tertiary/aromatic N) is 2. The maximum Gasteiger partial charge on any atom is 0.231 e. The predicted octanol–water partition coefficient (Wildman–Crippen LogP) is 2.07. The fourth-order valence-electron chi connectivity index (χ4n) is 1.85. The van der Waals surface area contributed by atoms with Gasteiger partial charge in [0.25, 0.3) is 0 Å². The van der Waals surface area contributed by atoms with Crippen LogP contribution in [0.2, 0.25) is 0 Å². The zero-order chi connectivity index (χ0) is 13.8. The quantitative estimate of drug-likeness (QED) is 0.879. The Hall–Kier alpha value is -1.86. The van der Waals surface area contributed by atoms with Gasteiger partial charge >= 0.3 is 0 Å². The summed E-state index contributed by atoms with van der Waals surface area (Å²) in [6, 6.07) is 5.90. The lowest BCUT2D eigenvalue weighted by Gasteiger charge is -2.03. The fraction of sp³-hybridized carbons (Fsp3) is 0.385. The molecule has 1 aromatic heterocycles. The number of hydrogen-bond donors (Lipinski definition) is 1. The lowest BCUT2D eigenvalue weighted by molar-refractivity contribution is 0.174. The number of ether oxygens (including phenoxy) is 3. The fourth-order valence-corrected chi connectivity index (χ4v) is 2.46. The Morgan fingerprint density at radius 1 is 1.35 bits per heavy atom. The maximum atomic E-state index is 5.35. The molecule has 2 aromatic rings. The third-order valence-electron chi connectivity index (χ3n) is 2.88. The molecule has 0 aliphatic carbocycles. The largest absolute Gasteiger partial charge is 0.454 e. The molecule has 6 nitrogen and oxygen atoms in total. The molecule has 0 unspecified atom stereocenters. The molecule has 1 aliphatic rings. The van der Waals surface area contributed by atoms with Gasteiger partial charge < -0.3 is 19.5 Å². The Morgan fingerprint density at radius 2 is 2.25 bits per heavy atom. The van der Waals surface area contributed by atoms with Gasteiger partial charge in [-0.2, -0.15) is 4.37 Å². The first-order valence-electron chi connectivity index (χ1n) is 6.29. The Morgan fingerprint density at radius 3 is 3.15 bits per heavy atom. The van der Waals surface area contributed by atoms with Crippen LogP contribution < -0.4 is 14.8 Å². The summed E-state index contributed by atoms with van der Waals surface area (Å²) >= 11 is 1.36. The van der Waals surface area contributed by atoms with Crippen molar-refractivity contribution in [1.29, 1.82) is 0 Å². The van der Waals surface area contributed by atoms with Crippen LogP contribution in [0.1, 0.15) is 11.4 Å². The van der Waals surface area contributed by atoms with Gasteiger partial charge in [0.2, 0.25) is 11.9 Å². The van der Waals surface area contributed by atoms with E-state index in [0.717, 1.165) is 34.4 Å². The van der Waals surface area contributed by atoms with E-state index in [2.05, 4.69) is 14.7 Å². The summed E-state index contributed by atoms with van der Waals surface area (Å²) in [5, 5.41) is 4.07. The first-order chi connectivity index (χ1) is 9.85. The second-order valence-corrected chi connectivity index (χ2v) is 5.05. The molecule has 7 heteroatoms. The molecule has 0 radical (unpaired) electrons. The molecule has 3 rings (SSSR count). The molecule has 106 valence electrons. The van der Waals surface area contributed by atoms with Gasteiger partial charge in [-0.1, -0.05) is 6.07 Å². The maximum absolute atomic E-state index is 5.35. The van der Waals surface area contributed by atoms with Gasteiger partial charge in [0.15, 0.2) is 11.5 Å². The second kappa shape index (κ2) is 6.06. The van der Waals surface area contributed by atoms with E-state index in [1.54, 1.807) is 7.11 Å². The van der Waals surface area contributed by atoms with Crippen molar-refractivity contribution >= 4 is 16.7 Å². The van der Waals surface area contributed by atoms with Gasteiger partial charge in [-0.3, -0.25) is 0 Å². The molecule has 0 bridgehead atoms. The van der Waals surface area contributed by atoms with E-state index in [-0.39, 0.29) is 0 Å². The predicted molar refractivity (Wildman–Crippen MR) is 75.4 cm³/mol. The van der Waals surface area contributed by atoms with Gasteiger partial charge in [-0.25, -0.2) is 4.98 Å². The molecule has 1 N–H and O–H groups in total. The van der Waals surface area contributed by atoms with Gasteiger partial charge in [0.1, 0.15) is 5.82 Å². The summed E-state index contributed by atoms with van der Waals surface area (Å²) in [6.07, 6.45) is 0.735. The molecule has 1 aromatic carbocycles. The van der Waals surface area contributed by atoms with Crippen molar-refractivity contribution in [3.05, 3.63) is 29.6 Å². The lowest BCUT2D eigenvalue weighted by atomic mass is 10.2.